The Bertz CT molecular complexity index is 553. The van der Waals surface area contributed by atoms with Crippen molar-refractivity contribution < 1.29 is 4.79 Å². The first-order valence-corrected chi connectivity index (χ1v) is 8.56. The number of benzene rings is 1. The number of nitrogens with one attached hydrogen (secondary N) is 3. The van der Waals surface area contributed by atoms with Gasteiger partial charge in [-0.2, -0.15) is 5.26 Å². The molecule has 3 rings (SSSR count). The number of carbonyl (C=O) groups is 1. The number of rotatable bonds is 5. The number of amides is 1. The van der Waals surface area contributed by atoms with Crippen molar-refractivity contribution in [3.8, 4) is 6.19 Å². The van der Waals surface area contributed by atoms with E-state index in [0.29, 0.717) is 12.5 Å². The molecule has 2 atom stereocenters. The van der Waals surface area contributed by atoms with E-state index < -0.39 is 0 Å². The maximum absolute atomic E-state index is 12.3. The van der Waals surface area contributed by atoms with Gasteiger partial charge >= 0.3 is 0 Å². The molecule has 2 unspecified atom stereocenters. The molecule has 5 nitrogen and oxygen atoms in total. The van der Waals surface area contributed by atoms with E-state index in [1.807, 2.05) is 24.4 Å². The molecule has 1 heterocycles. The average molecular weight is 316 g/mol. The van der Waals surface area contributed by atoms with Crippen LogP contribution in [0, 0.1) is 17.4 Å². The van der Waals surface area contributed by atoms with Crippen molar-refractivity contribution in [1.82, 2.24) is 16.0 Å². The zero-order valence-electron chi connectivity index (χ0n) is 12.3. The van der Waals surface area contributed by atoms with E-state index >= 15 is 0 Å². The van der Waals surface area contributed by atoms with E-state index in [1.165, 1.54) is 5.56 Å². The normalized spacial score (nSPS) is 30.1. The lowest BCUT2D eigenvalue weighted by molar-refractivity contribution is -0.121. The smallest absolute Gasteiger partial charge is 0.234 e. The first-order valence-electron chi connectivity index (χ1n) is 7.62. The summed E-state index contributed by atoms with van der Waals surface area (Å²) < 4.78 is 0. The van der Waals surface area contributed by atoms with Crippen molar-refractivity contribution in [2.24, 2.45) is 5.92 Å². The van der Waals surface area contributed by atoms with Gasteiger partial charge in [-0.15, -0.1) is 11.8 Å². The highest BCUT2D eigenvalue weighted by Gasteiger charge is 2.35. The fraction of sp³-hybridized carbons (Fsp3) is 0.500. The molecule has 0 bridgehead atoms. The molecular formula is C16H20N4OS. The summed E-state index contributed by atoms with van der Waals surface area (Å²) in [6, 6.07) is 10.5. The second-order valence-corrected chi connectivity index (χ2v) is 7.17. The van der Waals surface area contributed by atoms with E-state index in [9.17, 15) is 4.79 Å². The Labute approximate surface area is 134 Å². The highest BCUT2D eigenvalue weighted by molar-refractivity contribution is 8.01. The van der Waals surface area contributed by atoms with Crippen LogP contribution in [0.2, 0.25) is 0 Å². The zero-order valence-corrected chi connectivity index (χ0v) is 13.1. The molecule has 6 heteroatoms. The third kappa shape index (κ3) is 3.54. The van der Waals surface area contributed by atoms with Crippen LogP contribution in [-0.2, 0) is 4.79 Å². The zero-order chi connectivity index (χ0) is 15.4. The summed E-state index contributed by atoms with van der Waals surface area (Å²) in [5.74, 6) is 0.643. The number of carbonyl (C=O) groups excluding carboxylic acids is 1. The fourth-order valence-corrected chi connectivity index (χ4v) is 4.18. The van der Waals surface area contributed by atoms with E-state index in [4.69, 9.17) is 5.26 Å². The van der Waals surface area contributed by atoms with Crippen LogP contribution in [0.3, 0.4) is 0 Å². The Hall–Kier alpha value is -1.71. The SMILES string of the molecule is N#CNC[C@H]1C[C@H](NC(=O)C2CNC(c3ccccc3)S2)C1. The van der Waals surface area contributed by atoms with Crippen molar-refractivity contribution in [3.63, 3.8) is 0 Å². The molecule has 2 fully saturated rings. The predicted molar refractivity (Wildman–Crippen MR) is 86.8 cm³/mol. The van der Waals surface area contributed by atoms with E-state index in [2.05, 4.69) is 28.1 Å². The highest BCUT2D eigenvalue weighted by atomic mass is 32.2. The minimum atomic E-state index is -0.0264. The summed E-state index contributed by atoms with van der Waals surface area (Å²) in [7, 11) is 0. The molecule has 1 aromatic carbocycles. The van der Waals surface area contributed by atoms with Crippen molar-refractivity contribution in [1.29, 1.82) is 5.26 Å². The number of thioether (sulfide) groups is 1. The van der Waals surface area contributed by atoms with Gasteiger partial charge in [0.1, 0.15) is 0 Å². The van der Waals surface area contributed by atoms with Gasteiger partial charge in [0, 0.05) is 19.1 Å². The molecule has 1 aliphatic carbocycles. The number of hydrogen-bond acceptors (Lipinski definition) is 5. The summed E-state index contributed by atoms with van der Waals surface area (Å²) in [5, 5.41) is 17.9. The van der Waals surface area contributed by atoms with Crippen LogP contribution >= 0.6 is 11.8 Å². The third-order valence-corrected chi connectivity index (χ3v) is 5.66. The number of nitriles is 1. The van der Waals surface area contributed by atoms with Gasteiger partial charge in [0.25, 0.3) is 0 Å². The maximum Gasteiger partial charge on any atom is 0.234 e. The summed E-state index contributed by atoms with van der Waals surface area (Å²) in [5.41, 5.74) is 1.22. The Morgan fingerprint density at radius 3 is 2.86 bits per heavy atom. The van der Waals surface area contributed by atoms with Gasteiger partial charge in [-0.3, -0.25) is 10.1 Å². The second kappa shape index (κ2) is 7.03. The van der Waals surface area contributed by atoms with Gasteiger partial charge in [-0.1, -0.05) is 30.3 Å². The third-order valence-electron chi connectivity index (χ3n) is 4.24. The van der Waals surface area contributed by atoms with Crippen LogP contribution in [0.1, 0.15) is 23.8 Å². The predicted octanol–water partition coefficient (Wildman–Crippen LogP) is 1.36. The standard InChI is InChI=1S/C16H20N4OS/c17-10-18-8-11-6-13(7-11)20-15(21)14-9-19-16(22-14)12-4-2-1-3-5-12/h1-5,11,13-14,16,18-19H,6-9H2,(H,20,21)/t11-,13-,14?,16?. The molecule has 0 aromatic heterocycles. The molecule has 116 valence electrons. The topological polar surface area (TPSA) is 77.0 Å². The lowest BCUT2D eigenvalue weighted by Crippen LogP contribution is -2.49. The maximum atomic E-state index is 12.3. The molecule has 1 aliphatic heterocycles. The first-order chi connectivity index (χ1) is 10.8. The van der Waals surface area contributed by atoms with Crippen LogP contribution in [0.15, 0.2) is 30.3 Å². The van der Waals surface area contributed by atoms with Gasteiger partial charge in [-0.25, -0.2) is 0 Å². The van der Waals surface area contributed by atoms with Crippen LogP contribution in [0.4, 0.5) is 0 Å². The second-order valence-electron chi connectivity index (χ2n) is 5.86. The van der Waals surface area contributed by atoms with Crippen LogP contribution in [-0.4, -0.2) is 30.3 Å². The van der Waals surface area contributed by atoms with Crippen LogP contribution < -0.4 is 16.0 Å². The summed E-state index contributed by atoms with van der Waals surface area (Å²) in [6.07, 6.45) is 3.87. The van der Waals surface area contributed by atoms with Crippen LogP contribution in [0.5, 0.6) is 0 Å². The van der Waals surface area contributed by atoms with Crippen molar-refractivity contribution >= 4 is 17.7 Å². The Morgan fingerprint density at radius 1 is 1.36 bits per heavy atom. The molecule has 1 amide bonds. The number of nitrogens with zero attached hydrogens (tertiary/aromatic N) is 1. The van der Waals surface area contributed by atoms with Gasteiger partial charge in [0.2, 0.25) is 5.91 Å². The minimum Gasteiger partial charge on any atom is -0.352 e. The molecule has 1 saturated carbocycles. The quantitative estimate of drug-likeness (QED) is 0.565. The summed E-state index contributed by atoms with van der Waals surface area (Å²) >= 11 is 1.68. The Morgan fingerprint density at radius 2 is 2.14 bits per heavy atom. The minimum absolute atomic E-state index is 0.0264. The molecule has 22 heavy (non-hydrogen) atoms. The molecular weight excluding hydrogens is 296 g/mol. The Kier molecular flexibility index (Phi) is 4.86. The van der Waals surface area contributed by atoms with E-state index in [-0.39, 0.29) is 22.6 Å². The van der Waals surface area contributed by atoms with Gasteiger partial charge in [0.15, 0.2) is 6.19 Å². The van der Waals surface area contributed by atoms with E-state index in [0.717, 1.165) is 19.4 Å². The summed E-state index contributed by atoms with van der Waals surface area (Å²) in [6.45, 7) is 1.43. The van der Waals surface area contributed by atoms with E-state index in [1.54, 1.807) is 11.8 Å². The molecule has 2 aliphatic rings. The van der Waals surface area contributed by atoms with Crippen LogP contribution in [0.25, 0.3) is 0 Å². The number of hydrogen-bond donors (Lipinski definition) is 3. The average Bonchev–Trinajstić information content (AvgIpc) is 3.00. The molecule has 3 N–H and O–H groups in total. The van der Waals surface area contributed by atoms with Gasteiger partial charge < -0.3 is 10.6 Å². The van der Waals surface area contributed by atoms with Crippen molar-refractivity contribution in [3.05, 3.63) is 35.9 Å². The van der Waals surface area contributed by atoms with Crippen molar-refractivity contribution in [2.75, 3.05) is 13.1 Å². The largest absolute Gasteiger partial charge is 0.352 e. The fourth-order valence-electron chi connectivity index (χ4n) is 2.96. The van der Waals surface area contributed by atoms with Gasteiger partial charge in [0.05, 0.1) is 10.6 Å². The summed E-state index contributed by atoms with van der Waals surface area (Å²) in [4.78, 5) is 12.3. The lowest BCUT2D eigenvalue weighted by Gasteiger charge is -2.35. The lowest BCUT2D eigenvalue weighted by atomic mass is 9.80. The van der Waals surface area contributed by atoms with Gasteiger partial charge in [-0.05, 0) is 24.3 Å². The monoisotopic (exact) mass is 316 g/mol. The van der Waals surface area contributed by atoms with Crippen molar-refractivity contribution in [2.45, 2.75) is 29.5 Å². The molecule has 0 spiro atoms. The molecule has 1 saturated heterocycles. The first kappa shape index (κ1) is 15.2. The molecule has 0 radical (unpaired) electrons. The Balaban J connectivity index is 1.42. The molecule has 1 aromatic rings. The highest BCUT2D eigenvalue weighted by Crippen LogP contribution is 2.35.